The zero-order chi connectivity index (χ0) is 22.1. The summed E-state index contributed by atoms with van der Waals surface area (Å²) in [5.74, 6) is -0.0343. The molecule has 2 aromatic carbocycles. The van der Waals surface area contributed by atoms with Crippen LogP contribution in [0.2, 0.25) is 0 Å². The van der Waals surface area contributed by atoms with Crippen molar-refractivity contribution in [1.29, 1.82) is 0 Å². The molecule has 1 aliphatic rings. The van der Waals surface area contributed by atoms with Crippen LogP contribution in [0.3, 0.4) is 0 Å². The lowest BCUT2D eigenvalue weighted by molar-refractivity contribution is -0.131. The number of nitrogens with zero attached hydrogens (tertiary/aromatic N) is 1. The predicted octanol–water partition coefficient (Wildman–Crippen LogP) is 4.03. The molecule has 6 heteroatoms. The Morgan fingerprint density at radius 3 is 2.13 bits per heavy atom. The first-order valence-corrected chi connectivity index (χ1v) is 10.0. The van der Waals surface area contributed by atoms with Gasteiger partial charge in [-0.25, -0.2) is 4.79 Å². The highest BCUT2D eigenvalue weighted by atomic mass is 16.5. The van der Waals surface area contributed by atoms with Gasteiger partial charge >= 0.3 is 6.03 Å². The Balaban J connectivity index is 1.82. The lowest BCUT2D eigenvalue weighted by Crippen LogP contribution is -2.43. The van der Waals surface area contributed by atoms with Crippen molar-refractivity contribution in [1.82, 2.24) is 10.2 Å². The van der Waals surface area contributed by atoms with Crippen molar-refractivity contribution < 1.29 is 19.1 Å². The van der Waals surface area contributed by atoms with E-state index in [9.17, 15) is 14.4 Å². The number of methoxy groups -OCH3 is 1. The van der Waals surface area contributed by atoms with Gasteiger partial charge in [0.15, 0.2) is 5.78 Å². The van der Waals surface area contributed by atoms with Crippen LogP contribution in [0, 0.1) is 0 Å². The van der Waals surface area contributed by atoms with Crippen LogP contribution in [0.5, 0.6) is 5.75 Å². The Kier molecular flexibility index (Phi) is 5.70. The average molecular weight is 408 g/mol. The fraction of sp³-hybridized carbons (Fsp3) is 0.375. The Labute approximate surface area is 177 Å². The number of urea groups is 1. The standard InChI is InChI=1S/C24H28N2O4/c1-6-24(18-11-13-19(30-5)14-12-18)21(28)26(22(29)25-24)15-20(27)16-7-9-17(10-8-16)23(2,3)4/h7-14H,6,15H2,1-5H3,(H,25,29). The van der Waals surface area contributed by atoms with E-state index in [0.717, 1.165) is 10.5 Å². The second-order valence-corrected chi connectivity index (χ2v) is 8.56. The molecule has 3 amide bonds. The van der Waals surface area contributed by atoms with E-state index < -0.39 is 17.5 Å². The van der Waals surface area contributed by atoms with Gasteiger partial charge in [-0.2, -0.15) is 0 Å². The molecule has 1 N–H and O–H groups in total. The highest BCUT2D eigenvalue weighted by molar-refractivity contribution is 6.11. The molecule has 1 saturated heterocycles. The number of imide groups is 1. The lowest BCUT2D eigenvalue weighted by Gasteiger charge is -2.26. The Bertz CT molecular complexity index is 958. The van der Waals surface area contributed by atoms with Crippen LogP contribution in [0.4, 0.5) is 4.79 Å². The monoisotopic (exact) mass is 408 g/mol. The van der Waals surface area contributed by atoms with Gasteiger partial charge in [-0.05, 0) is 35.1 Å². The molecule has 0 spiro atoms. The number of hydrogen-bond acceptors (Lipinski definition) is 4. The van der Waals surface area contributed by atoms with E-state index in [1.54, 1.807) is 43.5 Å². The van der Waals surface area contributed by atoms with Gasteiger partial charge in [0.25, 0.3) is 5.91 Å². The van der Waals surface area contributed by atoms with Gasteiger partial charge in [0.2, 0.25) is 0 Å². The zero-order valence-electron chi connectivity index (χ0n) is 18.1. The maximum absolute atomic E-state index is 13.2. The number of hydrogen-bond donors (Lipinski definition) is 1. The van der Waals surface area contributed by atoms with Crippen LogP contribution < -0.4 is 10.1 Å². The molecule has 0 aromatic heterocycles. The van der Waals surface area contributed by atoms with Crippen LogP contribution in [0.1, 0.15) is 55.6 Å². The van der Waals surface area contributed by atoms with Gasteiger partial charge in [-0.3, -0.25) is 14.5 Å². The minimum Gasteiger partial charge on any atom is -0.497 e. The van der Waals surface area contributed by atoms with Gasteiger partial charge < -0.3 is 10.1 Å². The molecule has 30 heavy (non-hydrogen) atoms. The van der Waals surface area contributed by atoms with Gasteiger partial charge in [0.1, 0.15) is 11.3 Å². The van der Waals surface area contributed by atoms with Crippen molar-refractivity contribution in [2.45, 2.75) is 45.1 Å². The van der Waals surface area contributed by atoms with Crippen molar-refractivity contribution in [2.75, 3.05) is 13.7 Å². The SMILES string of the molecule is CCC1(c2ccc(OC)cc2)NC(=O)N(CC(=O)c2ccc(C(C)(C)C)cc2)C1=O. The number of amides is 3. The molecule has 1 aliphatic heterocycles. The molecular weight excluding hydrogens is 380 g/mol. The van der Waals surface area contributed by atoms with Crippen molar-refractivity contribution in [2.24, 2.45) is 0 Å². The second kappa shape index (κ2) is 7.94. The number of Topliss-reactive ketones (excluding diaryl/α,β-unsaturated/α-hetero) is 1. The number of ether oxygens (including phenoxy) is 1. The zero-order valence-corrected chi connectivity index (χ0v) is 18.1. The quantitative estimate of drug-likeness (QED) is 0.578. The smallest absolute Gasteiger partial charge is 0.325 e. The molecule has 1 atom stereocenters. The number of nitrogens with one attached hydrogen (secondary N) is 1. The van der Waals surface area contributed by atoms with E-state index in [-0.39, 0.29) is 17.7 Å². The van der Waals surface area contributed by atoms with Crippen LogP contribution in [0.25, 0.3) is 0 Å². The highest BCUT2D eigenvalue weighted by Gasteiger charge is 2.51. The van der Waals surface area contributed by atoms with E-state index >= 15 is 0 Å². The Morgan fingerprint density at radius 1 is 1.03 bits per heavy atom. The normalized spacial score (nSPS) is 19.0. The van der Waals surface area contributed by atoms with Gasteiger partial charge in [-0.15, -0.1) is 0 Å². The molecule has 6 nitrogen and oxygen atoms in total. The van der Waals surface area contributed by atoms with Crippen LogP contribution >= 0.6 is 0 Å². The summed E-state index contributed by atoms with van der Waals surface area (Å²) in [6.45, 7) is 7.83. The van der Waals surface area contributed by atoms with E-state index in [4.69, 9.17) is 4.74 Å². The van der Waals surface area contributed by atoms with Gasteiger partial charge in [-0.1, -0.05) is 64.1 Å². The third-order valence-electron chi connectivity index (χ3n) is 5.66. The Morgan fingerprint density at radius 2 is 1.63 bits per heavy atom. The summed E-state index contributed by atoms with van der Waals surface area (Å²) in [4.78, 5) is 39.6. The fourth-order valence-electron chi connectivity index (χ4n) is 3.68. The van der Waals surface area contributed by atoms with E-state index in [1.165, 1.54) is 0 Å². The first kappa shape index (κ1) is 21.6. The van der Waals surface area contributed by atoms with Crippen molar-refractivity contribution in [3.8, 4) is 5.75 Å². The van der Waals surface area contributed by atoms with Crippen molar-refractivity contribution in [3.63, 3.8) is 0 Å². The Hall–Kier alpha value is -3.15. The van der Waals surface area contributed by atoms with Crippen molar-refractivity contribution >= 4 is 17.7 Å². The average Bonchev–Trinajstić information content (AvgIpc) is 2.98. The third kappa shape index (κ3) is 3.82. The molecule has 1 fully saturated rings. The minimum absolute atomic E-state index is 0.0223. The predicted molar refractivity (Wildman–Crippen MR) is 115 cm³/mol. The second-order valence-electron chi connectivity index (χ2n) is 8.56. The molecule has 158 valence electrons. The number of rotatable bonds is 6. The molecule has 1 unspecified atom stereocenters. The van der Waals surface area contributed by atoms with Crippen LogP contribution in [0.15, 0.2) is 48.5 Å². The molecule has 0 aliphatic carbocycles. The molecule has 3 rings (SSSR count). The molecule has 1 heterocycles. The summed E-state index contributed by atoms with van der Waals surface area (Å²) < 4.78 is 5.17. The largest absolute Gasteiger partial charge is 0.497 e. The highest BCUT2D eigenvalue weighted by Crippen LogP contribution is 2.33. The summed E-state index contributed by atoms with van der Waals surface area (Å²) in [7, 11) is 1.56. The topological polar surface area (TPSA) is 75.7 Å². The van der Waals surface area contributed by atoms with Crippen LogP contribution in [-0.4, -0.2) is 36.3 Å². The third-order valence-corrected chi connectivity index (χ3v) is 5.66. The first-order valence-electron chi connectivity index (χ1n) is 10.0. The van der Waals surface area contributed by atoms with E-state index in [0.29, 0.717) is 23.3 Å². The number of benzene rings is 2. The molecule has 0 bridgehead atoms. The van der Waals surface area contributed by atoms with Gasteiger partial charge in [0, 0.05) is 5.56 Å². The molecule has 2 aromatic rings. The van der Waals surface area contributed by atoms with Crippen LogP contribution in [-0.2, 0) is 15.7 Å². The fourth-order valence-corrected chi connectivity index (χ4v) is 3.68. The summed E-state index contributed by atoms with van der Waals surface area (Å²) in [5, 5.41) is 2.80. The first-order chi connectivity index (χ1) is 14.1. The number of carbonyl (C=O) groups is 3. The summed E-state index contributed by atoms with van der Waals surface area (Å²) in [6.07, 6.45) is 0.370. The summed E-state index contributed by atoms with van der Waals surface area (Å²) in [5.41, 5.74) is 1.04. The minimum atomic E-state index is -1.18. The van der Waals surface area contributed by atoms with Crippen molar-refractivity contribution in [3.05, 3.63) is 65.2 Å². The van der Waals surface area contributed by atoms with E-state index in [2.05, 4.69) is 26.1 Å². The number of ketones is 1. The summed E-state index contributed by atoms with van der Waals surface area (Å²) in [6, 6.07) is 13.8. The summed E-state index contributed by atoms with van der Waals surface area (Å²) >= 11 is 0. The van der Waals surface area contributed by atoms with E-state index in [1.807, 2.05) is 19.1 Å². The molecular formula is C24H28N2O4. The lowest BCUT2D eigenvalue weighted by atomic mass is 9.86. The molecule has 0 saturated carbocycles. The van der Waals surface area contributed by atoms with Gasteiger partial charge in [0.05, 0.1) is 13.7 Å². The molecule has 0 radical (unpaired) electrons. The number of carbonyl (C=O) groups excluding carboxylic acids is 3. The maximum Gasteiger partial charge on any atom is 0.325 e. The maximum atomic E-state index is 13.2.